The zero-order valence-electron chi connectivity index (χ0n) is 22.1. The predicted molar refractivity (Wildman–Crippen MR) is 137 cm³/mol. The van der Waals surface area contributed by atoms with Crippen LogP contribution >= 0.6 is 0 Å². The van der Waals surface area contributed by atoms with Crippen molar-refractivity contribution in [1.82, 2.24) is 9.80 Å². The minimum Gasteiger partial charge on any atom is -0.465 e. The monoisotopic (exact) mass is 504 g/mol. The van der Waals surface area contributed by atoms with Gasteiger partial charge in [-0.2, -0.15) is 0 Å². The first-order valence-corrected chi connectivity index (χ1v) is 13.7. The van der Waals surface area contributed by atoms with Crippen LogP contribution in [0.2, 0.25) is 0 Å². The smallest absolute Gasteiger partial charge is 0.312 e. The molecular formula is C28H44N2O6. The molecule has 0 aliphatic carbocycles. The average Bonchev–Trinajstić information content (AvgIpc) is 3.48. The highest BCUT2D eigenvalue weighted by Crippen LogP contribution is 2.64. The Labute approximate surface area is 215 Å². The van der Waals surface area contributed by atoms with Gasteiger partial charge >= 0.3 is 5.97 Å². The van der Waals surface area contributed by atoms with Gasteiger partial charge in [0.2, 0.25) is 11.8 Å². The second kappa shape index (κ2) is 12.4. The van der Waals surface area contributed by atoms with Crippen molar-refractivity contribution in [2.24, 2.45) is 11.8 Å². The topological polar surface area (TPSA) is 96.4 Å². The third-order valence-electron chi connectivity index (χ3n) is 8.23. The van der Waals surface area contributed by atoms with Crippen LogP contribution in [0.25, 0.3) is 0 Å². The van der Waals surface area contributed by atoms with Gasteiger partial charge in [-0.1, -0.05) is 32.4 Å². The van der Waals surface area contributed by atoms with Crippen molar-refractivity contribution < 1.29 is 29.0 Å². The molecule has 8 heteroatoms. The average molecular weight is 505 g/mol. The number of unbranched alkanes of at least 4 members (excludes halogenated alkanes) is 3. The van der Waals surface area contributed by atoms with Crippen molar-refractivity contribution in [3.05, 3.63) is 25.3 Å². The fourth-order valence-corrected chi connectivity index (χ4v) is 6.47. The molecule has 3 fully saturated rings. The highest BCUT2D eigenvalue weighted by atomic mass is 16.6. The van der Waals surface area contributed by atoms with E-state index in [2.05, 4.69) is 20.1 Å². The number of carbonyl (C=O) groups excluding carboxylic acids is 3. The quantitative estimate of drug-likeness (QED) is 0.197. The van der Waals surface area contributed by atoms with Gasteiger partial charge in [0.25, 0.3) is 0 Å². The van der Waals surface area contributed by atoms with Gasteiger partial charge < -0.3 is 24.4 Å². The number of aliphatic hydroxyl groups is 1. The fraction of sp³-hybridized carbons (Fsp3) is 0.750. The van der Waals surface area contributed by atoms with Crippen LogP contribution in [0.15, 0.2) is 25.3 Å². The van der Waals surface area contributed by atoms with E-state index in [1.807, 2.05) is 6.92 Å². The summed E-state index contributed by atoms with van der Waals surface area (Å²) in [5.41, 5.74) is -1.82. The molecule has 0 saturated carbocycles. The number of esters is 1. The lowest BCUT2D eigenvalue weighted by molar-refractivity contribution is -0.161. The van der Waals surface area contributed by atoms with Crippen molar-refractivity contribution in [3.63, 3.8) is 0 Å². The molecule has 8 nitrogen and oxygen atoms in total. The van der Waals surface area contributed by atoms with Gasteiger partial charge in [-0.3, -0.25) is 14.4 Å². The Kier molecular flexibility index (Phi) is 9.75. The van der Waals surface area contributed by atoms with Crippen LogP contribution in [0, 0.1) is 11.8 Å². The summed E-state index contributed by atoms with van der Waals surface area (Å²) in [5, 5.41) is 9.19. The summed E-state index contributed by atoms with van der Waals surface area (Å²) in [6, 6.07) is -0.777. The van der Waals surface area contributed by atoms with E-state index in [0.29, 0.717) is 58.2 Å². The van der Waals surface area contributed by atoms with Crippen LogP contribution in [-0.4, -0.2) is 82.8 Å². The van der Waals surface area contributed by atoms with Crippen LogP contribution < -0.4 is 0 Å². The van der Waals surface area contributed by atoms with Crippen LogP contribution in [0.4, 0.5) is 0 Å². The molecule has 3 aliphatic rings. The lowest BCUT2D eigenvalue weighted by atomic mass is 9.65. The standard InChI is InChI=1S/C28H44N2O6/c1-5-9-17-29(16-7-3)25(33)23-28-15-14-27(8-4,36-28)22(26(34)35-20-10-6-2)21(28)24(32)30(23)18-12-11-13-19-31/h6-7,21-23,31H,2-3,5,8-20H2,1,4H3/t21-,22+,23?,27-,28?/m0/s1. The molecule has 1 spiro atoms. The fourth-order valence-electron chi connectivity index (χ4n) is 6.47. The summed E-state index contributed by atoms with van der Waals surface area (Å²) in [6.07, 6.45) is 9.55. The molecule has 0 aromatic heterocycles. The largest absolute Gasteiger partial charge is 0.465 e. The van der Waals surface area contributed by atoms with Gasteiger partial charge in [0.05, 0.1) is 18.1 Å². The summed E-state index contributed by atoms with van der Waals surface area (Å²) >= 11 is 0. The maximum Gasteiger partial charge on any atom is 0.312 e. The van der Waals surface area contributed by atoms with E-state index >= 15 is 0 Å². The molecule has 3 saturated heterocycles. The van der Waals surface area contributed by atoms with Gasteiger partial charge in [0.1, 0.15) is 17.6 Å². The number of hydrogen-bond acceptors (Lipinski definition) is 6. The van der Waals surface area contributed by atoms with Crippen molar-refractivity contribution in [1.29, 1.82) is 0 Å². The minimum absolute atomic E-state index is 0.0910. The molecule has 3 heterocycles. The van der Waals surface area contributed by atoms with Crippen LogP contribution in [0.1, 0.15) is 71.6 Å². The number of rotatable bonds is 16. The Hall–Kier alpha value is -2.19. The van der Waals surface area contributed by atoms with E-state index in [0.717, 1.165) is 19.3 Å². The number of amides is 2. The Morgan fingerprint density at radius 3 is 2.61 bits per heavy atom. The highest BCUT2D eigenvalue weighted by Gasteiger charge is 2.79. The Bertz CT molecular complexity index is 831. The zero-order valence-corrected chi connectivity index (χ0v) is 22.1. The lowest BCUT2D eigenvalue weighted by Gasteiger charge is -2.37. The first kappa shape index (κ1) is 28.4. The molecule has 3 rings (SSSR count). The summed E-state index contributed by atoms with van der Waals surface area (Å²) < 4.78 is 12.3. The number of nitrogens with zero attached hydrogens (tertiary/aromatic N) is 2. The molecule has 0 aromatic carbocycles. The number of aliphatic hydroxyl groups excluding tert-OH is 1. The van der Waals surface area contributed by atoms with Crippen molar-refractivity contribution in [3.8, 4) is 0 Å². The molecule has 36 heavy (non-hydrogen) atoms. The molecule has 3 aliphatic heterocycles. The van der Waals surface area contributed by atoms with Gasteiger partial charge in [-0.25, -0.2) is 0 Å². The van der Waals surface area contributed by atoms with Crippen LogP contribution in [-0.2, 0) is 23.9 Å². The molecule has 2 bridgehead atoms. The lowest BCUT2D eigenvalue weighted by Crippen LogP contribution is -2.56. The molecule has 0 aromatic rings. The summed E-state index contributed by atoms with van der Waals surface area (Å²) in [5.74, 6) is -2.19. The molecule has 5 atom stereocenters. The van der Waals surface area contributed by atoms with E-state index in [1.165, 1.54) is 0 Å². The van der Waals surface area contributed by atoms with E-state index in [9.17, 15) is 19.5 Å². The third kappa shape index (κ3) is 4.99. The number of likely N-dealkylation sites (tertiary alicyclic amines) is 1. The number of hydrogen-bond donors (Lipinski definition) is 1. The molecular weight excluding hydrogens is 460 g/mol. The van der Waals surface area contributed by atoms with Gasteiger partial charge in [-0.15, -0.1) is 13.2 Å². The van der Waals surface area contributed by atoms with Gasteiger partial charge in [0.15, 0.2) is 0 Å². The normalized spacial score (nSPS) is 30.4. The second-order valence-electron chi connectivity index (χ2n) is 10.3. The van der Waals surface area contributed by atoms with E-state index < -0.39 is 35.0 Å². The molecule has 1 N–H and O–H groups in total. The second-order valence-corrected chi connectivity index (χ2v) is 10.3. The van der Waals surface area contributed by atoms with E-state index in [-0.39, 0.29) is 25.0 Å². The first-order chi connectivity index (χ1) is 17.4. The predicted octanol–water partition coefficient (Wildman–Crippen LogP) is 3.24. The molecule has 202 valence electrons. The third-order valence-corrected chi connectivity index (χ3v) is 8.23. The summed E-state index contributed by atoms with van der Waals surface area (Å²) in [4.78, 5) is 45.0. The maximum atomic E-state index is 14.1. The zero-order chi connectivity index (χ0) is 26.3. The number of ether oxygens (including phenoxy) is 2. The number of carbonyl (C=O) groups is 3. The van der Waals surface area contributed by atoms with Crippen LogP contribution in [0.5, 0.6) is 0 Å². The summed E-state index contributed by atoms with van der Waals surface area (Å²) in [6.45, 7) is 13.2. The van der Waals surface area contributed by atoms with Gasteiger partial charge in [-0.05, 0) is 51.4 Å². The Balaban J connectivity index is 1.99. The molecule has 2 amide bonds. The molecule has 2 unspecified atom stereocenters. The van der Waals surface area contributed by atoms with E-state index in [4.69, 9.17) is 9.47 Å². The maximum absolute atomic E-state index is 14.1. The molecule has 0 radical (unpaired) electrons. The SMILES string of the molecule is C=CCCOC(=O)[C@H]1[C@H]2C(=O)N(CCCCCO)C(C(=O)N(CC=C)CCCC)C23CC[C@]1(CC)O3. The Morgan fingerprint density at radius 1 is 1.19 bits per heavy atom. The van der Waals surface area contributed by atoms with Crippen LogP contribution in [0.3, 0.4) is 0 Å². The van der Waals surface area contributed by atoms with Crippen molar-refractivity contribution in [2.45, 2.75) is 88.9 Å². The van der Waals surface area contributed by atoms with Crippen molar-refractivity contribution in [2.75, 3.05) is 32.8 Å². The first-order valence-electron chi connectivity index (χ1n) is 13.7. The Morgan fingerprint density at radius 2 is 1.97 bits per heavy atom. The van der Waals surface area contributed by atoms with Crippen molar-refractivity contribution >= 4 is 17.8 Å². The van der Waals surface area contributed by atoms with Gasteiger partial charge in [0, 0.05) is 26.2 Å². The number of fused-ring (bicyclic) bond motifs is 1. The minimum atomic E-state index is -1.03. The highest BCUT2D eigenvalue weighted by molar-refractivity contribution is 5.98. The summed E-state index contributed by atoms with van der Waals surface area (Å²) in [7, 11) is 0. The van der Waals surface area contributed by atoms with E-state index in [1.54, 1.807) is 22.0 Å².